The Morgan fingerprint density at radius 2 is 1.82 bits per heavy atom. The number of nitrogens with zero attached hydrogens (tertiary/aromatic N) is 3. The van der Waals surface area contributed by atoms with Crippen LogP contribution in [0.1, 0.15) is 30.5 Å². The highest BCUT2D eigenvalue weighted by Gasteiger charge is 2.61. The number of rotatable bonds is 2. The van der Waals surface area contributed by atoms with E-state index >= 15 is 4.39 Å². The van der Waals surface area contributed by atoms with Crippen molar-refractivity contribution < 1.29 is 13.9 Å². The second kappa shape index (κ2) is 7.24. The second-order valence-corrected chi connectivity index (χ2v) is 9.59. The molecule has 5 unspecified atom stereocenters. The number of aromatic nitrogens is 3. The van der Waals surface area contributed by atoms with Crippen LogP contribution in [0.4, 0.5) is 4.39 Å². The Morgan fingerprint density at radius 1 is 1.00 bits per heavy atom. The van der Waals surface area contributed by atoms with E-state index in [9.17, 15) is 4.79 Å². The number of pyridine rings is 1. The van der Waals surface area contributed by atoms with E-state index in [4.69, 9.17) is 14.7 Å². The van der Waals surface area contributed by atoms with Gasteiger partial charge in [0.2, 0.25) is 0 Å². The highest BCUT2D eigenvalue weighted by atomic mass is 19.1. The second-order valence-electron chi connectivity index (χ2n) is 9.59. The zero-order valence-electron chi connectivity index (χ0n) is 18.6. The molecule has 0 radical (unpaired) electrons. The monoisotopic (exact) mass is 451 g/mol. The molecule has 1 aliphatic heterocycles. The van der Waals surface area contributed by atoms with Crippen LogP contribution < -0.4 is 0 Å². The van der Waals surface area contributed by atoms with Gasteiger partial charge in [0.15, 0.2) is 11.6 Å². The number of fused-ring (bicyclic) bond motifs is 6. The van der Waals surface area contributed by atoms with Crippen LogP contribution in [-0.4, -0.2) is 32.9 Å². The third-order valence-corrected chi connectivity index (χ3v) is 7.83. The van der Waals surface area contributed by atoms with Crippen LogP contribution in [0.2, 0.25) is 0 Å². The molecule has 5 nitrogen and oxygen atoms in total. The fourth-order valence-electron chi connectivity index (χ4n) is 6.06. The number of carbonyl (C=O) groups excluding carboxylic acids is 1. The average molecular weight is 452 g/mol. The van der Waals surface area contributed by atoms with E-state index in [1.54, 1.807) is 18.3 Å². The summed E-state index contributed by atoms with van der Waals surface area (Å²) in [5, 5.41) is 1.99. The van der Waals surface area contributed by atoms with Crippen molar-refractivity contribution >= 4 is 16.6 Å². The summed E-state index contributed by atoms with van der Waals surface area (Å²) in [5.41, 5.74) is 3.79. The van der Waals surface area contributed by atoms with Gasteiger partial charge in [-0.3, -0.25) is 9.78 Å². The topological polar surface area (TPSA) is 68.3 Å². The molecule has 0 bridgehead atoms. The molecule has 0 amide bonds. The fourth-order valence-corrected chi connectivity index (χ4v) is 6.06. The largest absolute Gasteiger partial charge is 0.361 e. The molecule has 3 heterocycles. The molecule has 2 aromatic heterocycles. The molecule has 2 aliphatic carbocycles. The van der Waals surface area contributed by atoms with Crippen molar-refractivity contribution in [3.05, 3.63) is 78.0 Å². The lowest BCUT2D eigenvalue weighted by Gasteiger charge is -2.38. The van der Waals surface area contributed by atoms with Crippen LogP contribution in [0.5, 0.6) is 0 Å². The van der Waals surface area contributed by atoms with Crippen molar-refractivity contribution in [2.45, 2.75) is 37.9 Å². The predicted octanol–water partition coefficient (Wildman–Crippen LogP) is 5.13. The van der Waals surface area contributed by atoms with E-state index in [0.717, 1.165) is 34.0 Å². The summed E-state index contributed by atoms with van der Waals surface area (Å²) in [6, 6.07) is 14.8. The highest BCUT2D eigenvalue weighted by molar-refractivity contribution is 5.94. The number of ketones is 1. The molecule has 3 aliphatic rings. The average Bonchev–Trinajstić information content (AvgIpc) is 3.67. The van der Waals surface area contributed by atoms with Crippen molar-refractivity contribution in [2.24, 2.45) is 11.8 Å². The molecule has 0 spiro atoms. The molecule has 0 N–H and O–H groups in total. The van der Waals surface area contributed by atoms with Crippen molar-refractivity contribution in [3.8, 4) is 22.6 Å². The lowest BCUT2D eigenvalue weighted by Crippen LogP contribution is -2.41. The SMILES string of the molecule is CC1C(=O)C2OC2C2c3nc(-c4cncc5ccccc45)nc(-c4ccccc4F)c3CCC12. The molecular weight excluding hydrogens is 429 g/mol. The molecule has 168 valence electrons. The maximum atomic E-state index is 15.0. The maximum absolute atomic E-state index is 15.0. The summed E-state index contributed by atoms with van der Waals surface area (Å²) >= 11 is 0. The molecule has 6 heteroatoms. The van der Waals surface area contributed by atoms with E-state index in [2.05, 4.69) is 4.98 Å². The summed E-state index contributed by atoms with van der Waals surface area (Å²) in [6.45, 7) is 2.01. The van der Waals surface area contributed by atoms with Gasteiger partial charge in [-0.2, -0.15) is 0 Å². The fraction of sp³-hybridized carbons (Fsp3) is 0.286. The predicted molar refractivity (Wildman–Crippen MR) is 126 cm³/mol. The minimum atomic E-state index is -0.336. The Kier molecular flexibility index (Phi) is 4.24. The molecular formula is C28H22FN3O2. The molecule has 1 saturated heterocycles. The quantitative estimate of drug-likeness (QED) is 0.395. The first-order chi connectivity index (χ1) is 16.6. The molecule has 4 aromatic rings. The van der Waals surface area contributed by atoms with Crippen LogP contribution in [0.25, 0.3) is 33.4 Å². The first-order valence-corrected chi connectivity index (χ1v) is 11.8. The van der Waals surface area contributed by atoms with E-state index in [-0.39, 0.29) is 41.6 Å². The Hall–Kier alpha value is -3.51. The number of carbonyl (C=O) groups is 1. The van der Waals surface area contributed by atoms with Gasteiger partial charge in [-0.1, -0.05) is 43.3 Å². The summed E-state index contributed by atoms with van der Waals surface area (Å²) in [7, 11) is 0. The molecule has 34 heavy (non-hydrogen) atoms. The van der Waals surface area contributed by atoms with Crippen LogP contribution in [0.15, 0.2) is 60.9 Å². The Labute approximate surface area is 196 Å². The van der Waals surface area contributed by atoms with Gasteiger partial charge in [-0.25, -0.2) is 14.4 Å². The van der Waals surface area contributed by atoms with Gasteiger partial charge in [-0.15, -0.1) is 0 Å². The standard InChI is InChI=1S/C28H22FN3O2/c1-14-16-10-11-19-23(18-8-4-5-9-21(18)29)31-28(20-13-30-12-15-6-2-3-7-17(15)20)32-24(19)22(16)26-27(34-26)25(14)33/h2-9,12-14,16,22,26-27H,10-11H2,1H3. The summed E-state index contributed by atoms with van der Waals surface area (Å²) in [6.07, 6.45) is 4.67. The van der Waals surface area contributed by atoms with Crippen molar-refractivity contribution in [2.75, 3.05) is 0 Å². The molecule has 1 saturated carbocycles. The van der Waals surface area contributed by atoms with Gasteiger partial charge in [0.05, 0.1) is 11.4 Å². The van der Waals surface area contributed by atoms with Crippen molar-refractivity contribution in [3.63, 3.8) is 0 Å². The van der Waals surface area contributed by atoms with Crippen LogP contribution in [0.3, 0.4) is 0 Å². The number of Topliss-reactive ketones (excluding diaryl/α,β-unsaturated/α-hetero) is 1. The molecule has 5 atom stereocenters. The third-order valence-electron chi connectivity index (χ3n) is 7.83. The number of epoxide rings is 1. The van der Waals surface area contributed by atoms with Crippen LogP contribution in [0, 0.1) is 17.7 Å². The van der Waals surface area contributed by atoms with Gasteiger partial charge in [0.1, 0.15) is 18.0 Å². The number of hydrogen-bond acceptors (Lipinski definition) is 5. The van der Waals surface area contributed by atoms with E-state index in [1.165, 1.54) is 6.07 Å². The lowest BCUT2D eigenvalue weighted by atomic mass is 9.64. The van der Waals surface area contributed by atoms with Gasteiger partial charge in [-0.05, 0) is 36.3 Å². The summed E-state index contributed by atoms with van der Waals surface area (Å²) in [4.78, 5) is 27.2. The van der Waals surface area contributed by atoms with Crippen LogP contribution >= 0.6 is 0 Å². The third kappa shape index (κ3) is 2.81. The number of benzene rings is 2. The molecule has 7 rings (SSSR count). The van der Waals surface area contributed by atoms with E-state index in [1.807, 2.05) is 43.5 Å². The Bertz CT molecular complexity index is 1480. The van der Waals surface area contributed by atoms with Gasteiger partial charge in [0.25, 0.3) is 0 Å². The number of halogens is 1. The Balaban J connectivity index is 1.50. The first kappa shape index (κ1) is 19.9. The molecule has 2 fully saturated rings. The van der Waals surface area contributed by atoms with E-state index < -0.39 is 0 Å². The summed E-state index contributed by atoms with van der Waals surface area (Å²) < 4.78 is 20.9. The number of ether oxygens (including phenoxy) is 1. The lowest BCUT2D eigenvalue weighted by molar-refractivity contribution is -0.126. The van der Waals surface area contributed by atoms with E-state index in [0.29, 0.717) is 23.5 Å². The van der Waals surface area contributed by atoms with Crippen LogP contribution in [-0.2, 0) is 16.0 Å². The van der Waals surface area contributed by atoms with Crippen molar-refractivity contribution in [1.29, 1.82) is 0 Å². The molecule has 2 aromatic carbocycles. The zero-order valence-corrected chi connectivity index (χ0v) is 18.6. The van der Waals surface area contributed by atoms with Gasteiger partial charge < -0.3 is 4.74 Å². The Morgan fingerprint density at radius 3 is 2.71 bits per heavy atom. The first-order valence-electron chi connectivity index (χ1n) is 11.8. The smallest absolute Gasteiger partial charge is 0.167 e. The number of hydrogen-bond donors (Lipinski definition) is 0. The zero-order chi connectivity index (χ0) is 23.0. The van der Waals surface area contributed by atoms with Crippen molar-refractivity contribution in [1.82, 2.24) is 15.0 Å². The minimum Gasteiger partial charge on any atom is -0.361 e. The minimum absolute atomic E-state index is 0.0108. The normalized spacial score (nSPS) is 27.1. The van der Waals surface area contributed by atoms with Gasteiger partial charge >= 0.3 is 0 Å². The highest BCUT2D eigenvalue weighted by Crippen LogP contribution is 2.54. The maximum Gasteiger partial charge on any atom is 0.167 e. The summed E-state index contributed by atoms with van der Waals surface area (Å²) in [5.74, 6) is 0.541. The van der Waals surface area contributed by atoms with Gasteiger partial charge in [0, 0.05) is 46.3 Å².